The summed E-state index contributed by atoms with van der Waals surface area (Å²) >= 11 is 6.45. The van der Waals surface area contributed by atoms with Crippen molar-refractivity contribution in [3.05, 3.63) is 44.8 Å². The molecule has 1 amide bonds. The summed E-state index contributed by atoms with van der Waals surface area (Å²) in [5.41, 5.74) is 0.630. The Labute approximate surface area is 132 Å². The van der Waals surface area contributed by atoms with Gasteiger partial charge in [-0.3, -0.25) is 19.8 Å². The Kier molecular flexibility index (Phi) is 5.08. The molecule has 0 radical (unpaired) electrons. The van der Waals surface area contributed by atoms with Gasteiger partial charge in [0, 0.05) is 18.7 Å². The first-order chi connectivity index (χ1) is 10.0. The molecule has 0 N–H and O–H groups in total. The third kappa shape index (κ3) is 3.68. The molecular formula is C14H14N2O3S2. The first-order valence-corrected chi connectivity index (χ1v) is 7.75. The molecule has 110 valence electrons. The van der Waals surface area contributed by atoms with Crippen molar-refractivity contribution >= 4 is 46.0 Å². The Morgan fingerprint density at radius 1 is 1.48 bits per heavy atom. The summed E-state index contributed by atoms with van der Waals surface area (Å²) < 4.78 is 0.546. The van der Waals surface area contributed by atoms with Crippen LogP contribution < -0.4 is 0 Å². The van der Waals surface area contributed by atoms with Gasteiger partial charge in [-0.05, 0) is 18.1 Å². The van der Waals surface area contributed by atoms with E-state index in [-0.39, 0.29) is 11.6 Å². The highest BCUT2D eigenvalue weighted by atomic mass is 32.2. The lowest BCUT2D eigenvalue weighted by molar-refractivity contribution is -0.384. The summed E-state index contributed by atoms with van der Waals surface area (Å²) in [7, 11) is 0. The molecule has 1 heterocycles. The molecule has 0 saturated carbocycles. The minimum absolute atomic E-state index is 0.00483. The molecule has 0 aliphatic carbocycles. The van der Waals surface area contributed by atoms with E-state index in [0.29, 0.717) is 21.3 Å². The number of thioether (sulfide) groups is 1. The van der Waals surface area contributed by atoms with Crippen molar-refractivity contribution in [3.8, 4) is 0 Å². The maximum Gasteiger partial charge on any atom is 0.270 e. The van der Waals surface area contributed by atoms with Crippen LogP contribution in [-0.4, -0.2) is 26.6 Å². The average molecular weight is 322 g/mol. The average Bonchev–Trinajstić information content (AvgIpc) is 2.72. The van der Waals surface area contributed by atoms with Gasteiger partial charge in [0.05, 0.1) is 9.83 Å². The zero-order valence-corrected chi connectivity index (χ0v) is 13.1. The lowest BCUT2D eigenvalue weighted by Gasteiger charge is -2.12. The highest BCUT2D eigenvalue weighted by molar-refractivity contribution is 8.26. The van der Waals surface area contributed by atoms with Crippen molar-refractivity contribution in [1.82, 2.24) is 4.90 Å². The molecule has 1 aliphatic rings. The Morgan fingerprint density at radius 2 is 2.24 bits per heavy atom. The Morgan fingerprint density at radius 3 is 2.90 bits per heavy atom. The van der Waals surface area contributed by atoms with Crippen LogP contribution in [0, 0.1) is 10.1 Å². The van der Waals surface area contributed by atoms with Crippen LogP contribution in [0.5, 0.6) is 0 Å². The van der Waals surface area contributed by atoms with E-state index in [1.165, 1.54) is 23.9 Å². The quantitative estimate of drug-likeness (QED) is 0.359. The molecule has 1 aliphatic heterocycles. The van der Waals surface area contributed by atoms with Gasteiger partial charge in [0.15, 0.2) is 0 Å². The largest absolute Gasteiger partial charge is 0.293 e. The fourth-order valence-electron chi connectivity index (χ4n) is 1.89. The van der Waals surface area contributed by atoms with Gasteiger partial charge in [0.2, 0.25) is 0 Å². The number of amides is 1. The van der Waals surface area contributed by atoms with Crippen molar-refractivity contribution in [2.45, 2.75) is 19.8 Å². The van der Waals surface area contributed by atoms with Gasteiger partial charge in [-0.25, -0.2) is 0 Å². The van der Waals surface area contributed by atoms with Gasteiger partial charge in [-0.15, -0.1) is 0 Å². The molecule has 0 spiro atoms. The number of carbonyl (C=O) groups excluding carboxylic acids is 1. The Hall–Kier alpha value is -1.73. The number of nitrogens with zero attached hydrogens (tertiary/aromatic N) is 2. The van der Waals surface area contributed by atoms with Crippen molar-refractivity contribution in [2.24, 2.45) is 0 Å². The molecule has 2 rings (SSSR count). The summed E-state index contributed by atoms with van der Waals surface area (Å²) in [4.78, 5) is 24.7. The summed E-state index contributed by atoms with van der Waals surface area (Å²) in [6.45, 7) is 2.67. The van der Waals surface area contributed by atoms with E-state index in [1.807, 2.05) is 0 Å². The molecule has 0 bridgehead atoms. The van der Waals surface area contributed by atoms with Gasteiger partial charge in [-0.2, -0.15) is 0 Å². The van der Waals surface area contributed by atoms with E-state index >= 15 is 0 Å². The zero-order valence-electron chi connectivity index (χ0n) is 11.4. The molecule has 0 aromatic heterocycles. The Bertz CT molecular complexity index is 628. The fourth-order valence-corrected chi connectivity index (χ4v) is 3.20. The van der Waals surface area contributed by atoms with Gasteiger partial charge < -0.3 is 0 Å². The SMILES string of the molecule is CCCCN1C(=O)C(=Cc2cccc([N+](=O)[O-])c2)SC1=S. The van der Waals surface area contributed by atoms with Gasteiger partial charge in [-0.1, -0.05) is 49.5 Å². The number of nitro groups is 1. The Balaban J connectivity index is 2.22. The van der Waals surface area contributed by atoms with E-state index in [9.17, 15) is 14.9 Å². The summed E-state index contributed by atoms with van der Waals surface area (Å²) in [5.74, 6) is -0.120. The number of nitro benzene ring substituents is 1. The number of hydrogen-bond donors (Lipinski definition) is 0. The van der Waals surface area contributed by atoms with E-state index in [0.717, 1.165) is 12.8 Å². The van der Waals surface area contributed by atoms with Crippen LogP contribution >= 0.6 is 24.0 Å². The van der Waals surface area contributed by atoms with Crippen LogP contribution in [-0.2, 0) is 4.79 Å². The second kappa shape index (κ2) is 6.82. The number of benzene rings is 1. The number of rotatable bonds is 5. The topological polar surface area (TPSA) is 63.5 Å². The van der Waals surface area contributed by atoms with Crippen LogP contribution in [0.3, 0.4) is 0 Å². The molecule has 0 atom stereocenters. The predicted octanol–water partition coefficient (Wildman–Crippen LogP) is 3.60. The molecule has 5 nitrogen and oxygen atoms in total. The third-order valence-electron chi connectivity index (χ3n) is 2.99. The number of carbonyl (C=O) groups is 1. The number of non-ortho nitro benzene ring substituents is 1. The molecular weight excluding hydrogens is 308 g/mol. The van der Waals surface area contributed by atoms with E-state index in [1.54, 1.807) is 23.1 Å². The van der Waals surface area contributed by atoms with Crippen molar-refractivity contribution in [2.75, 3.05) is 6.54 Å². The van der Waals surface area contributed by atoms with Gasteiger partial charge in [0.25, 0.3) is 11.6 Å². The summed E-state index contributed by atoms with van der Waals surface area (Å²) in [6, 6.07) is 6.19. The zero-order chi connectivity index (χ0) is 15.4. The maximum atomic E-state index is 12.3. The summed E-state index contributed by atoms with van der Waals surface area (Å²) in [6.07, 6.45) is 3.54. The second-order valence-electron chi connectivity index (χ2n) is 4.54. The highest BCUT2D eigenvalue weighted by Crippen LogP contribution is 2.33. The number of thiocarbonyl (C=S) groups is 1. The van der Waals surface area contributed by atoms with E-state index < -0.39 is 4.92 Å². The molecule has 1 fully saturated rings. The molecule has 1 saturated heterocycles. The second-order valence-corrected chi connectivity index (χ2v) is 6.21. The fraction of sp³-hybridized carbons (Fsp3) is 0.286. The smallest absolute Gasteiger partial charge is 0.270 e. The first-order valence-electron chi connectivity index (χ1n) is 6.52. The first kappa shape index (κ1) is 15.7. The number of unbranched alkanes of at least 4 members (excludes halogenated alkanes) is 1. The molecule has 0 unspecified atom stereocenters. The molecule has 1 aromatic carbocycles. The lowest BCUT2D eigenvalue weighted by atomic mass is 10.2. The number of hydrogen-bond acceptors (Lipinski definition) is 5. The normalized spacial score (nSPS) is 16.8. The van der Waals surface area contributed by atoms with Crippen LogP contribution in [0.25, 0.3) is 6.08 Å². The van der Waals surface area contributed by atoms with Crippen molar-refractivity contribution < 1.29 is 9.72 Å². The van der Waals surface area contributed by atoms with Gasteiger partial charge >= 0.3 is 0 Å². The molecule has 1 aromatic rings. The van der Waals surface area contributed by atoms with E-state index in [2.05, 4.69) is 6.92 Å². The minimum atomic E-state index is -0.455. The summed E-state index contributed by atoms with van der Waals surface area (Å²) in [5, 5.41) is 10.8. The lowest BCUT2D eigenvalue weighted by Crippen LogP contribution is -2.28. The molecule has 21 heavy (non-hydrogen) atoms. The highest BCUT2D eigenvalue weighted by Gasteiger charge is 2.31. The predicted molar refractivity (Wildman–Crippen MR) is 87.9 cm³/mol. The van der Waals surface area contributed by atoms with Crippen molar-refractivity contribution in [3.63, 3.8) is 0 Å². The third-order valence-corrected chi connectivity index (χ3v) is 4.37. The van der Waals surface area contributed by atoms with Crippen molar-refractivity contribution in [1.29, 1.82) is 0 Å². The van der Waals surface area contributed by atoms with Crippen LogP contribution in [0.15, 0.2) is 29.2 Å². The standard InChI is InChI=1S/C14H14N2O3S2/c1-2-3-7-15-13(17)12(21-14(15)20)9-10-5-4-6-11(8-10)16(18)19/h4-6,8-9H,2-3,7H2,1H3. The maximum absolute atomic E-state index is 12.3. The minimum Gasteiger partial charge on any atom is -0.293 e. The van der Waals surface area contributed by atoms with Crippen LogP contribution in [0.4, 0.5) is 5.69 Å². The van der Waals surface area contributed by atoms with Gasteiger partial charge in [0.1, 0.15) is 4.32 Å². The monoisotopic (exact) mass is 322 g/mol. The molecule has 7 heteroatoms. The van der Waals surface area contributed by atoms with Crippen LogP contribution in [0.2, 0.25) is 0 Å². The van der Waals surface area contributed by atoms with Crippen LogP contribution in [0.1, 0.15) is 25.3 Å². The van der Waals surface area contributed by atoms with E-state index in [4.69, 9.17) is 12.2 Å².